The largest absolute Gasteiger partial charge is 0.469 e. The highest BCUT2D eigenvalue weighted by atomic mass is 16.5. The first-order chi connectivity index (χ1) is 14.5. The van der Waals surface area contributed by atoms with E-state index in [9.17, 15) is 14.5 Å². The lowest BCUT2D eigenvalue weighted by atomic mass is 10.0. The number of nitrogens with one attached hydrogen (secondary N) is 1. The van der Waals surface area contributed by atoms with Crippen molar-refractivity contribution < 1.29 is 14.3 Å². The van der Waals surface area contributed by atoms with Crippen molar-refractivity contribution in [3.8, 4) is 11.4 Å². The van der Waals surface area contributed by atoms with Crippen molar-refractivity contribution in [2.45, 2.75) is 25.3 Å². The second kappa shape index (κ2) is 8.06. The molecule has 8 heteroatoms. The number of esters is 1. The van der Waals surface area contributed by atoms with Gasteiger partial charge >= 0.3 is 5.97 Å². The maximum atomic E-state index is 12.4. The number of rotatable bonds is 6. The van der Waals surface area contributed by atoms with Gasteiger partial charge in [-0.15, -0.1) is 0 Å². The van der Waals surface area contributed by atoms with E-state index in [4.69, 9.17) is 4.98 Å². The summed E-state index contributed by atoms with van der Waals surface area (Å²) >= 11 is 0. The standard InChI is InChI=1S/C22H22N4O4/c1-26-19-8-5-15(22(28)23-10-9-20(27)30-2)12-18(19)24-21(26)14-3-6-16-13(11-14)4-7-17(16)25-29/h3,5-6,8,11-12,17H,4,7,9-10H2,1-2H3,(H,23,28). The molecule has 2 aromatic carbocycles. The third kappa shape index (κ3) is 3.56. The fraction of sp³-hybridized carbons (Fsp3) is 0.318. The molecule has 0 bridgehead atoms. The molecule has 1 N–H and O–H groups in total. The molecule has 0 radical (unpaired) electrons. The van der Waals surface area contributed by atoms with Crippen LogP contribution in [0, 0.1) is 4.91 Å². The molecule has 3 aromatic rings. The number of carbonyl (C=O) groups excluding carboxylic acids is 2. The molecule has 1 aliphatic rings. The summed E-state index contributed by atoms with van der Waals surface area (Å²) in [5, 5.41) is 5.92. The van der Waals surface area contributed by atoms with E-state index in [0.717, 1.165) is 40.9 Å². The molecule has 30 heavy (non-hydrogen) atoms. The van der Waals surface area contributed by atoms with E-state index in [1.165, 1.54) is 7.11 Å². The normalized spacial score (nSPS) is 15.1. The Hall–Kier alpha value is -3.55. The monoisotopic (exact) mass is 406 g/mol. The predicted molar refractivity (Wildman–Crippen MR) is 112 cm³/mol. The zero-order valence-electron chi connectivity index (χ0n) is 16.8. The number of imidazole rings is 1. The third-order valence-corrected chi connectivity index (χ3v) is 5.56. The molecule has 1 amide bonds. The highest BCUT2D eigenvalue weighted by molar-refractivity contribution is 5.98. The summed E-state index contributed by atoms with van der Waals surface area (Å²) in [6.07, 6.45) is 1.70. The minimum absolute atomic E-state index is 0.122. The number of fused-ring (bicyclic) bond motifs is 2. The number of aryl methyl sites for hydroxylation is 2. The van der Waals surface area contributed by atoms with Gasteiger partial charge in [0.15, 0.2) is 0 Å². The number of nitrogens with zero attached hydrogens (tertiary/aromatic N) is 3. The fourth-order valence-electron chi connectivity index (χ4n) is 3.93. The Bertz CT molecular complexity index is 1150. The van der Waals surface area contributed by atoms with E-state index in [1.807, 2.05) is 29.8 Å². The molecular formula is C22H22N4O4. The van der Waals surface area contributed by atoms with Gasteiger partial charge in [-0.1, -0.05) is 17.3 Å². The first-order valence-corrected chi connectivity index (χ1v) is 9.79. The molecule has 0 fully saturated rings. The van der Waals surface area contributed by atoms with Gasteiger partial charge in [-0.05, 0) is 48.2 Å². The molecule has 1 atom stereocenters. The molecule has 1 heterocycles. The van der Waals surface area contributed by atoms with E-state index < -0.39 is 0 Å². The number of ether oxygens (including phenoxy) is 1. The Kier molecular flexibility index (Phi) is 5.31. The number of hydrogen-bond acceptors (Lipinski definition) is 6. The van der Waals surface area contributed by atoms with Crippen LogP contribution >= 0.6 is 0 Å². The van der Waals surface area contributed by atoms with Gasteiger partial charge in [0.1, 0.15) is 11.9 Å². The average Bonchev–Trinajstić information content (AvgIpc) is 3.33. The Labute approximate surface area is 173 Å². The van der Waals surface area contributed by atoms with Crippen molar-refractivity contribution in [3.05, 3.63) is 58.0 Å². The summed E-state index contributed by atoms with van der Waals surface area (Å²) in [4.78, 5) is 39.3. The fourth-order valence-corrected chi connectivity index (χ4v) is 3.93. The second-order valence-corrected chi connectivity index (χ2v) is 7.35. The third-order valence-electron chi connectivity index (χ3n) is 5.56. The molecule has 1 unspecified atom stereocenters. The summed E-state index contributed by atoms with van der Waals surface area (Å²) in [5.74, 6) is 0.154. The Morgan fingerprint density at radius 2 is 2.10 bits per heavy atom. The van der Waals surface area contributed by atoms with Gasteiger partial charge in [-0.3, -0.25) is 9.59 Å². The summed E-state index contributed by atoms with van der Waals surface area (Å²) in [7, 11) is 3.25. The molecule has 0 saturated heterocycles. The van der Waals surface area contributed by atoms with Crippen molar-refractivity contribution in [2.75, 3.05) is 13.7 Å². The lowest BCUT2D eigenvalue weighted by Gasteiger charge is -2.07. The van der Waals surface area contributed by atoms with E-state index in [2.05, 4.69) is 21.3 Å². The van der Waals surface area contributed by atoms with Crippen LogP contribution in [0.3, 0.4) is 0 Å². The number of benzene rings is 2. The van der Waals surface area contributed by atoms with Gasteiger partial charge in [0.2, 0.25) is 0 Å². The van der Waals surface area contributed by atoms with Crippen molar-refractivity contribution in [3.63, 3.8) is 0 Å². The minimum atomic E-state index is -0.371. The van der Waals surface area contributed by atoms with Crippen LogP contribution in [0.5, 0.6) is 0 Å². The Morgan fingerprint density at radius 3 is 2.87 bits per heavy atom. The number of hydrogen-bond donors (Lipinski definition) is 1. The van der Waals surface area contributed by atoms with Gasteiger partial charge in [-0.2, -0.15) is 4.91 Å². The lowest BCUT2D eigenvalue weighted by molar-refractivity contribution is -0.140. The molecule has 0 aliphatic heterocycles. The van der Waals surface area contributed by atoms with Gasteiger partial charge in [0.25, 0.3) is 5.91 Å². The van der Waals surface area contributed by atoms with Gasteiger partial charge < -0.3 is 14.6 Å². The number of amides is 1. The van der Waals surface area contributed by atoms with Crippen molar-refractivity contribution in [2.24, 2.45) is 12.2 Å². The molecule has 0 saturated carbocycles. The van der Waals surface area contributed by atoms with Crippen LogP contribution in [-0.2, 0) is 23.0 Å². The zero-order chi connectivity index (χ0) is 21.3. The number of carbonyl (C=O) groups is 2. The highest BCUT2D eigenvalue weighted by Gasteiger charge is 2.24. The SMILES string of the molecule is COC(=O)CCNC(=O)c1ccc2c(c1)nc(-c1ccc3c(c1)CCC3N=O)n2C. The quantitative estimate of drug-likeness (QED) is 0.500. The molecule has 8 nitrogen and oxygen atoms in total. The van der Waals surface area contributed by atoms with Crippen LogP contribution in [0.25, 0.3) is 22.4 Å². The molecule has 1 aliphatic carbocycles. The molecule has 0 spiro atoms. The number of nitroso groups, excluding NO2 is 1. The summed E-state index contributed by atoms with van der Waals surface area (Å²) in [6.45, 7) is 0.211. The molecule has 4 rings (SSSR count). The topological polar surface area (TPSA) is 103 Å². The van der Waals surface area contributed by atoms with Crippen molar-refractivity contribution in [1.82, 2.24) is 14.9 Å². The van der Waals surface area contributed by atoms with Crippen molar-refractivity contribution >= 4 is 22.9 Å². The van der Waals surface area contributed by atoms with Crippen LogP contribution in [0.15, 0.2) is 41.6 Å². The predicted octanol–water partition coefficient (Wildman–Crippen LogP) is 3.29. The van der Waals surface area contributed by atoms with Crippen LogP contribution in [-0.4, -0.2) is 35.1 Å². The molecular weight excluding hydrogens is 384 g/mol. The number of aromatic nitrogens is 2. The van der Waals surface area contributed by atoms with E-state index in [-0.39, 0.29) is 30.9 Å². The molecule has 1 aromatic heterocycles. The second-order valence-electron chi connectivity index (χ2n) is 7.35. The summed E-state index contributed by atoms with van der Waals surface area (Å²) < 4.78 is 6.56. The zero-order valence-corrected chi connectivity index (χ0v) is 16.8. The summed E-state index contributed by atoms with van der Waals surface area (Å²) in [6, 6.07) is 11.1. The summed E-state index contributed by atoms with van der Waals surface area (Å²) in [5.41, 5.74) is 5.19. The van der Waals surface area contributed by atoms with Gasteiger partial charge in [0, 0.05) is 24.7 Å². The maximum Gasteiger partial charge on any atom is 0.307 e. The first-order valence-electron chi connectivity index (χ1n) is 9.79. The Morgan fingerprint density at radius 1 is 1.27 bits per heavy atom. The van der Waals surface area contributed by atoms with Crippen LogP contribution in [0.4, 0.5) is 0 Å². The number of methoxy groups -OCH3 is 1. The van der Waals surface area contributed by atoms with Crippen molar-refractivity contribution in [1.29, 1.82) is 0 Å². The average molecular weight is 406 g/mol. The first kappa shape index (κ1) is 19.8. The van der Waals surface area contributed by atoms with E-state index >= 15 is 0 Å². The maximum absolute atomic E-state index is 12.4. The van der Waals surface area contributed by atoms with Crippen LogP contribution < -0.4 is 5.32 Å². The highest BCUT2D eigenvalue weighted by Crippen LogP contribution is 2.36. The Balaban J connectivity index is 1.59. The van der Waals surface area contributed by atoms with Gasteiger partial charge in [-0.25, -0.2) is 4.98 Å². The van der Waals surface area contributed by atoms with Crippen LogP contribution in [0.1, 0.15) is 40.4 Å². The van der Waals surface area contributed by atoms with E-state index in [1.54, 1.807) is 12.1 Å². The van der Waals surface area contributed by atoms with E-state index in [0.29, 0.717) is 11.1 Å². The lowest BCUT2D eigenvalue weighted by Crippen LogP contribution is -2.26. The minimum Gasteiger partial charge on any atom is -0.469 e. The van der Waals surface area contributed by atoms with Crippen LogP contribution in [0.2, 0.25) is 0 Å². The molecule has 154 valence electrons. The van der Waals surface area contributed by atoms with Gasteiger partial charge in [0.05, 0.1) is 24.6 Å². The smallest absolute Gasteiger partial charge is 0.307 e.